The molecule has 0 aromatic carbocycles. The van der Waals surface area contributed by atoms with Crippen LogP contribution in [-0.4, -0.2) is 16.8 Å². The van der Waals surface area contributed by atoms with Crippen LogP contribution in [0, 0.1) is 23.2 Å². The van der Waals surface area contributed by atoms with Crippen molar-refractivity contribution in [3.63, 3.8) is 0 Å². The lowest BCUT2D eigenvalue weighted by molar-refractivity contribution is -0.0622. The molecule has 4 aliphatic rings. The molecule has 5 rings (SSSR count). The molecule has 1 unspecified atom stereocenters. The molecule has 1 atom stereocenters. The SMILES string of the molecule is CNC(CC12CC3CC(CC(C3)C1)C2)c1c(Cl)cnn1C. The maximum atomic E-state index is 6.38. The lowest BCUT2D eigenvalue weighted by atomic mass is 9.48. The second kappa shape index (κ2) is 4.99. The van der Waals surface area contributed by atoms with Crippen molar-refractivity contribution in [1.82, 2.24) is 15.1 Å². The summed E-state index contributed by atoms with van der Waals surface area (Å²) in [7, 11) is 4.07. The van der Waals surface area contributed by atoms with Gasteiger partial charge in [0.2, 0.25) is 0 Å². The van der Waals surface area contributed by atoms with Gasteiger partial charge < -0.3 is 5.32 Å². The van der Waals surface area contributed by atoms with Crippen LogP contribution in [-0.2, 0) is 7.05 Å². The van der Waals surface area contributed by atoms with Gasteiger partial charge in [-0.15, -0.1) is 0 Å². The van der Waals surface area contributed by atoms with E-state index in [4.69, 9.17) is 11.6 Å². The molecule has 1 heterocycles. The molecule has 0 radical (unpaired) electrons. The number of hydrogen-bond acceptors (Lipinski definition) is 2. The second-order valence-corrected chi connectivity index (χ2v) is 8.37. The Bertz CT molecular complexity index is 481. The van der Waals surface area contributed by atoms with Gasteiger partial charge in [0.05, 0.1) is 23.0 Å². The van der Waals surface area contributed by atoms with Crippen molar-refractivity contribution in [2.75, 3.05) is 7.05 Å². The molecule has 0 spiro atoms. The van der Waals surface area contributed by atoms with Crippen molar-refractivity contribution in [3.05, 3.63) is 16.9 Å². The van der Waals surface area contributed by atoms with Gasteiger partial charge in [-0.3, -0.25) is 4.68 Å². The standard InChI is InChI=1S/C17H26ClN3/c1-19-15(16-14(18)10-20-21(16)2)9-17-6-11-3-12(7-17)5-13(4-11)8-17/h10-13,15,19H,3-9H2,1-2H3. The van der Waals surface area contributed by atoms with Gasteiger partial charge in [-0.05, 0) is 75.2 Å². The Morgan fingerprint density at radius 2 is 1.86 bits per heavy atom. The van der Waals surface area contributed by atoms with E-state index in [9.17, 15) is 0 Å². The molecule has 116 valence electrons. The molecular formula is C17H26ClN3. The minimum absolute atomic E-state index is 0.334. The van der Waals surface area contributed by atoms with Gasteiger partial charge >= 0.3 is 0 Å². The summed E-state index contributed by atoms with van der Waals surface area (Å²) < 4.78 is 1.95. The third kappa shape index (κ3) is 2.33. The first-order valence-corrected chi connectivity index (χ1v) is 8.81. The predicted molar refractivity (Wildman–Crippen MR) is 85.2 cm³/mol. The van der Waals surface area contributed by atoms with E-state index in [1.165, 1.54) is 44.9 Å². The first-order chi connectivity index (χ1) is 10.1. The third-order valence-corrected chi connectivity index (χ3v) is 6.71. The monoisotopic (exact) mass is 307 g/mol. The average molecular weight is 308 g/mol. The van der Waals surface area contributed by atoms with Crippen LogP contribution in [0.3, 0.4) is 0 Å². The van der Waals surface area contributed by atoms with Crippen molar-refractivity contribution in [1.29, 1.82) is 0 Å². The Morgan fingerprint density at radius 1 is 1.29 bits per heavy atom. The zero-order chi connectivity index (χ0) is 14.6. The molecule has 4 aliphatic carbocycles. The highest BCUT2D eigenvalue weighted by molar-refractivity contribution is 6.31. The number of aromatic nitrogens is 2. The van der Waals surface area contributed by atoms with Crippen molar-refractivity contribution < 1.29 is 0 Å². The van der Waals surface area contributed by atoms with Crippen LogP contribution < -0.4 is 5.32 Å². The highest BCUT2D eigenvalue weighted by Crippen LogP contribution is 2.62. The fourth-order valence-electron chi connectivity index (χ4n) is 6.12. The number of nitrogens with zero attached hydrogens (tertiary/aromatic N) is 2. The van der Waals surface area contributed by atoms with Crippen LogP contribution >= 0.6 is 11.6 Å². The summed E-state index contributed by atoms with van der Waals surface area (Å²) in [6, 6.07) is 0.334. The molecule has 3 nitrogen and oxygen atoms in total. The Morgan fingerprint density at radius 3 is 2.29 bits per heavy atom. The lowest BCUT2D eigenvalue weighted by Gasteiger charge is -2.57. The van der Waals surface area contributed by atoms with E-state index >= 15 is 0 Å². The van der Waals surface area contributed by atoms with E-state index in [0.29, 0.717) is 11.5 Å². The van der Waals surface area contributed by atoms with Crippen LogP contribution in [0.4, 0.5) is 0 Å². The number of rotatable bonds is 4. The molecule has 1 N–H and O–H groups in total. The van der Waals surface area contributed by atoms with E-state index in [2.05, 4.69) is 17.5 Å². The predicted octanol–water partition coefficient (Wildman–Crippen LogP) is 3.94. The van der Waals surface area contributed by atoms with E-state index in [1.807, 2.05) is 11.7 Å². The van der Waals surface area contributed by atoms with Gasteiger partial charge in [0.25, 0.3) is 0 Å². The molecule has 4 saturated carbocycles. The molecule has 4 fully saturated rings. The topological polar surface area (TPSA) is 29.9 Å². The van der Waals surface area contributed by atoms with Crippen molar-refractivity contribution >= 4 is 11.6 Å². The van der Waals surface area contributed by atoms with Crippen LogP contribution in [0.1, 0.15) is 56.7 Å². The number of hydrogen-bond donors (Lipinski definition) is 1. The van der Waals surface area contributed by atoms with Crippen LogP contribution in [0.2, 0.25) is 5.02 Å². The van der Waals surface area contributed by atoms with Gasteiger partial charge in [-0.1, -0.05) is 11.6 Å². The Labute approximate surface area is 132 Å². The van der Waals surface area contributed by atoms with E-state index < -0.39 is 0 Å². The molecule has 0 aliphatic heterocycles. The van der Waals surface area contributed by atoms with Crippen LogP contribution in [0.5, 0.6) is 0 Å². The van der Waals surface area contributed by atoms with Crippen molar-refractivity contribution in [2.45, 2.75) is 51.0 Å². The molecule has 0 saturated heterocycles. The highest BCUT2D eigenvalue weighted by Gasteiger charge is 2.51. The van der Waals surface area contributed by atoms with E-state index in [0.717, 1.165) is 28.5 Å². The normalized spacial score (nSPS) is 38.9. The first kappa shape index (κ1) is 14.1. The van der Waals surface area contributed by atoms with Gasteiger partial charge in [0.1, 0.15) is 0 Å². The van der Waals surface area contributed by atoms with E-state index in [1.54, 1.807) is 6.20 Å². The van der Waals surface area contributed by atoms with Crippen LogP contribution in [0.25, 0.3) is 0 Å². The summed E-state index contributed by atoms with van der Waals surface area (Å²) in [4.78, 5) is 0. The minimum atomic E-state index is 0.334. The maximum absolute atomic E-state index is 6.38. The average Bonchev–Trinajstić information content (AvgIpc) is 2.74. The Hall–Kier alpha value is -0.540. The second-order valence-electron chi connectivity index (χ2n) is 7.96. The summed E-state index contributed by atoms with van der Waals surface area (Å²) in [5.74, 6) is 3.03. The molecule has 4 bridgehead atoms. The Balaban J connectivity index is 1.59. The summed E-state index contributed by atoms with van der Waals surface area (Å²) in [6.07, 6.45) is 11.9. The third-order valence-electron chi connectivity index (χ3n) is 6.42. The fourth-order valence-corrected chi connectivity index (χ4v) is 6.42. The van der Waals surface area contributed by atoms with Gasteiger partial charge in [-0.25, -0.2) is 0 Å². The van der Waals surface area contributed by atoms with Crippen molar-refractivity contribution in [3.8, 4) is 0 Å². The number of nitrogens with one attached hydrogen (secondary N) is 1. The van der Waals surface area contributed by atoms with Gasteiger partial charge in [0, 0.05) is 7.05 Å². The molecule has 1 aromatic rings. The van der Waals surface area contributed by atoms with Gasteiger partial charge in [0.15, 0.2) is 0 Å². The van der Waals surface area contributed by atoms with Gasteiger partial charge in [-0.2, -0.15) is 5.10 Å². The quantitative estimate of drug-likeness (QED) is 0.913. The first-order valence-electron chi connectivity index (χ1n) is 8.43. The maximum Gasteiger partial charge on any atom is 0.0834 e. The molecule has 0 amide bonds. The molecule has 1 aromatic heterocycles. The lowest BCUT2D eigenvalue weighted by Crippen LogP contribution is -2.47. The Kier molecular flexibility index (Phi) is 3.34. The summed E-state index contributed by atoms with van der Waals surface area (Å²) in [5, 5.41) is 8.65. The van der Waals surface area contributed by atoms with Crippen LogP contribution in [0.15, 0.2) is 6.20 Å². The van der Waals surface area contributed by atoms with E-state index in [-0.39, 0.29) is 0 Å². The fraction of sp³-hybridized carbons (Fsp3) is 0.824. The molecule has 21 heavy (non-hydrogen) atoms. The zero-order valence-corrected chi connectivity index (χ0v) is 13.9. The van der Waals surface area contributed by atoms with Crippen molar-refractivity contribution in [2.24, 2.45) is 30.2 Å². The summed E-state index contributed by atoms with van der Waals surface area (Å²) >= 11 is 6.38. The molecule has 4 heteroatoms. The summed E-state index contributed by atoms with van der Waals surface area (Å²) in [5.41, 5.74) is 1.73. The molecular weight excluding hydrogens is 282 g/mol. The minimum Gasteiger partial charge on any atom is -0.312 e. The smallest absolute Gasteiger partial charge is 0.0834 e. The number of halogens is 1. The number of aryl methyl sites for hydroxylation is 1. The highest BCUT2D eigenvalue weighted by atomic mass is 35.5. The zero-order valence-electron chi connectivity index (χ0n) is 13.1. The summed E-state index contributed by atoms with van der Waals surface area (Å²) in [6.45, 7) is 0. The largest absolute Gasteiger partial charge is 0.312 e.